The minimum atomic E-state index is -1.92. The first kappa shape index (κ1) is 30.6. The lowest BCUT2D eigenvalue weighted by Crippen LogP contribution is -2.56. The quantitative estimate of drug-likeness (QED) is 0.289. The lowest BCUT2D eigenvalue weighted by molar-refractivity contribution is -0.142. The highest BCUT2D eigenvalue weighted by Crippen LogP contribution is 2.41. The monoisotopic (exact) mass is 570 g/mol. The smallest absolute Gasteiger partial charge is 0.274 e. The van der Waals surface area contributed by atoms with Crippen molar-refractivity contribution in [3.8, 4) is 0 Å². The Labute approximate surface area is 240 Å². The van der Waals surface area contributed by atoms with Gasteiger partial charge in [0.1, 0.15) is 17.6 Å². The van der Waals surface area contributed by atoms with Crippen molar-refractivity contribution in [3.05, 3.63) is 53.6 Å². The molecule has 5 N–H and O–H groups in total. The summed E-state index contributed by atoms with van der Waals surface area (Å²) in [5, 5.41) is 13.1. The number of aromatic nitrogens is 2. The van der Waals surface area contributed by atoms with Gasteiger partial charge in [0.2, 0.25) is 5.91 Å². The third-order valence-corrected chi connectivity index (χ3v) is 7.85. The molecule has 10 nitrogen and oxygen atoms in total. The van der Waals surface area contributed by atoms with E-state index in [4.69, 9.17) is 5.73 Å². The molecular weight excluding hydrogens is 527 g/mol. The zero-order valence-electron chi connectivity index (χ0n) is 24.2. The van der Waals surface area contributed by atoms with Gasteiger partial charge in [0.25, 0.3) is 11.8 Å². The Morgan fingerprint density at radius 3 is 2.56 bits per heavy atom. The van der Waals surface area contributed by atoms with Crippen molar-refractivity contribution < 1.29 is 23.9 Å². The Balaban J connectivity index is 1.43. The Bertz CT molecular complexity index is 1210. The Morgan fingerprint density at radius 2 is 1.93 bits per heavy atom. The predicted octanol–water partition coefficient (Wildman–Crippen LogP) is 2.50. The molecule has 1 saturated carbocycles. The summed E-state index contributed by atoms with van der Waals surface area (Å²) < 4.78 is 14.4. The molecule has 0 spiro atoms. The molecule has 3 atom stereocenters. The van der Waals surface area contributed by atoms with Gasteiger partial charge in [-0.1, -0.05) is 51.1 Å². The second-order valence-corrected chi connectivity index (χ2v) is 12.3. The van der Waals surface area contributed by atoms with Gasteiger partial charge in [-0.05, 0) is 43.1 Å². The second-order valence-electron chi connectivity index (χ2n) is 12.3. The number of nitrogens with zero attached hydrogens (tertiary/aromatic N) is 3. The van der Waals surface area contributed by atoms with Crippen molar-refractivity contribution in [2.24, 2.45) is 11.1 Å². The van der Waals surface area contributed by atoms with Gasteiger partial charge >= 0.3 is 0 Å². The molecule has 2 aromatic rings. The van der Waals surface area contributed by atoms with Crippen LogP contribution in [0, 0.1) is 5.41 Å². The molecule has 1 aromatic heterocycles. The average Bonchev–Trinajstić information content (AvgIpc) is 3.32. The van der Waals surface area contributed by atoms with E-state index < -0.39 is 41.1 Å². The van der Waals surface area contributed by atoms with E-state index in [0.29, 0.717) is 25.5 Å². The number of unbranched alkanes of at least 4 members (excludes halogenated alkanes) is 1. The van der Waals surface area contributed by atoms with Gasteiger partial charge in [0.05, 0.1) is 12.1 Å². The highest BCUT2D eigenvalue weighted by molar-refractivity contribution is 5.94. The SMILES string of the molecule is CC(C)(C)[C@H](NC(=O)C1(F)CC1)C(=O)N1C[C@H](O)C[C@H]1c1nc(C(=O)N(CCN)CCCCc2ccccc2)c[nH]1. The number of hydrogen-bond donors (Lipinski definition) is 4. The topological polar surface area (TPSA) is 145 Å². The van der Waals surface area contributed by atoms with Gasteiger partial charge in [-0.2, -0.15) is 0 Å². The van der Waals surface area contributed by atoms with Crippen molar-refractivity contribution in [2.75, 3.05) is 26.2 Å². The number of alkyl halides is 1. The fourth-order valence-electron chi connectivity index (χ4n) is 5.25. The number of hydrogen-bond acceptors (Lipinski definition) is 6. The van der Waals surface area contributed by atoms with Gasteiger partial charge in [-0.25, -0.2) is 9.37 Å². The molecule has 4 rings (SSSR count). The number of amides is 3. The molecule has 41 heavy (non-hydrogen) atoms. The van der Waals surface area contributed by atoms with Crippen LogP contribution in [0.2, 0.25) is 0 Å². The Kier molecular flexibility index (Phi) is 9.48. The number of carbonyl (C=O) groups excluding carboxylic acids is 3. The molecule has 11 heteroatoms. The summed E-state index contributed by atoms with van der Waals surface area (Å²) in [6.45, 7) is 6.68. The van der Waals surface area contributed by atoms with Gasteiger partial charge in [0, 0.05) is 38.8 Å². The van der Waals surface area contributed by atoms with E-state index in [1.807, 2.05) is 18.2 Å². The zero-order valence-corrected chi connectivity index (χ0v) is 24.2. The van der Waals surface area contributed by atoms with Crippen LogP contribution in [-0.2, 0) is 16.0 Å². The predicted molar refractivity (Wildman–Crippen MR) is 152 cm³/mol. The summed E-state index contributed by atoms with van der Waals surface area (Å²) >= 11 is 0. The molecule has 2 heterocycles. The number of aliphatic hydroxyl groups is 1. The van der Waals surface area contributed by atoms with Gasteiger partial charge < -0.3 is 30.9 Å². The maximum absolute atomic E-state index is 14.4. The molecule has 3 amide bonds. The Morgan fingerprint density at radius 1 is 1.22 bits per heavy atom. The van der Waals surface area contributed by atoms with Gasteiger partial charge in [0.15, 0.2) is 5.67 Å². The first-order valence-corrected chi connectivity index (χ1v) is 14.5. The lowest BCUT2D eigenvalue weighted by atomic mass is 9.85. The van der Waals surface area contributed by atoms with E-state index in [-0.39, 0.29) is 37.4 Å². The van der Waals surface area contributed by atoms with Crippen molar-refractivity contribution in [1.29, 1.82) is 0 Å². The summed E-state index contributed by atoms with van der Waals surface area (Å²) in [5.74, 6) is -1.09. The minimum absolute atomic E-state index is 0.0391. The second kappa shape index (κ2) is 12.7. The van der Waals surface area contributed by atoms with E-state index in [0.717, 1.165) is 19.3 Å². The number of rotatable bonds is 12. The first-order valence-electron chi connectivity index (χ1n) is 14.5. The number of benzene rings is 1. The molecule has 0 radical (unpaired) electrons. The standard InChI is InChI=1S/C30H43FN6O4/c1-29(2,3)24(35-28(41)30(31)12-13-30)27(40)37-19-21(38)17-23(37)25-33-18-22(34-25)26(39)36(16-14-32)15-8-7-11-20-9-5-4-6-10-20/h4-6,9-10,18,21,23-24,38H,7-8,11-17,19,32H2,1-3H3,(H,33,34)(H,35,41)/t21-,23+,24-/m1/s1. The molecule has 1 aliphatic carbocycles. The maximum atomic E-state index is 14.4. The van der Waals surface area contributed by atoms with E-state index in [1.54, 1.807) is 25.7 Å². The third kappa shape index (κ3) is 7.51. The normalized spacial score (nSPS) is 20.5. The van der Waals surface area contributed by atoms with E-state index in [2.05, 4.69) is 27.4 Å². The summed E-state index contributed by atoms with van der Waals surface area (Å²) in [5.41, 5.74) is 4.63. The van der Waals surface area contributed by atoms with Crippen molar-refractivity contribution >= 4 is 17.7 Å². The van der Waals surface area contributed by atoms with Gasteiger partial charge in [-0.15, -0.1) is 0 Å². The van der Waals surface area contributed by atoms with Crippen molar-refractivity contribution in [3.63, 3.8) is 0 Å². The number of aromatic amines is 1. The molecule has 1 aromatic carbocycles. The van der Waals surface area contributed by atoms with Gasteiger partial charge in [-0.3, -0.25) is 14.4 Å². The van der Waals surface area contributed by atoms with Crippen LogP contribution in [0.5, 0.6) is 0 Å². The van der Waals surface area contributed by atoms with Crippen LogP contribution in [0.15, 0.2) is 36.5 Å². The number of aliphatic hydroxyl groups excluding tert-OH is 1. The Hall–Kier alpha value is -3.31. The number of halogens is 1. The summed E-state index contributed by atoms with van der Waals surface area (Å²) in [7, 11) is 0. The molecule has 2 aliphatic rings. The largest absolute Gasteiger partial charge is 0.391 e. The van der Waals surface area contributed by atoms with Crippen LogP contribution in [0.1, 0.15) is 80.8 Å². The molecule has 1 saturated heterocycles. The van der Waals surface area contributed by atoms with Crippen LogP contribution in [0.25, 0.3) is 0 Å². The number of aryl methyl sites for hydroxylation is 1. The molecule has 1 aliphatic heterocycles. The molecule has 224 valence electrons. The van der Waals surface area contributed by atoms with Crippen molar-refractivity contribution in [1.82, 2.24) is 25.1 Å². The summed E-state index contributed by atoms with van der Waals surface area (Å²) in [6, 6.07) is 8.56. The molecular formula is C30H43FN6O4. The van der Waals surface area contributed by atoms with E-state index >= 15 is 0 Å². The van der Waals surface area contributed by atoms with Crippen LogP contribution in [0.4, 0.5) is 4.39 Å². The highest BCUT2D eigenvalue weighted by Gasteiger charge is 2.53. The molecule has 2 fully saturated rings. The summed E-state index contributed by atoms with van der Waals surface area (Å²) in [4.78, 5) is 50.3. The first-order chi connectivity index (χ1) is 19.4. The van der Waals surface area contributed by atoms with Crippen molar-refractivity contribution in [2.45, 2.75) is 83.2 Å². The van der Waals surface area contributed by atoms with E-state index in [1.165, 1.54) is 16.7 Å². The number of likely N-dealkylation sites (tertiary alicyclic amines) is 1. The molecule has 0 unspecified atom stereocenters. The van der Waals surface area contributed by atoms with Crippen LogP contribution in [0.3, 0.4) is 0 Å². The number of carbonyl (C=O) groups is 3. The fraction of sp³-hybridized carbons (Fsp3) is 0.600. The van der Waals surface area contributed by atoms with Crippen LogP contribution in [-0.4, -0.2) is 86.6 Å². The zero-order chi connectivity index (χ0) is 29.8. The minimum Gasteiger partial charge on any atom is -0.391 e. The van der Waals surface area contributed by atoms with Crippen LogP contribution < -0.4 is 11.1 Å². The average molecular weight is 571 g/mol. The number of nitrogens with two attached hydrogens (primary N) is 1. The number of nitrogens with one attached hydrogen (secondary N) is 2. The lowest BCUT2D eigenvalue weighted by Gasteiger charge is -2.35. The van der Waals surface area contributed by atoms with E-state index in [9.17, 15) is 23.9 Å². The third-order valence-electron chi connectivity index (χ3n) is 7.85. The number of imidazole rings is 1. The number of H-pyrrole nitrogens is 1. The fourth-order valence-corrected chi connectivity index (χ4v) is 5.25. The highest BCUT2D eigenvalue weighted by atomic mass is 19.1. The number of β-amino-alcohol motifs (C(OH)–C–C–N with tert-alkyl or cyclic N) is 1. The maximum Gasteiger partial charge on any atom is 0.274 e. The van der Waals surface area contributed by atoms with Crippen LogP contribution >= 0.6 is 0 Å². The molecule has 0 bridgehead atoms. The summed E-state index contributed by atoms with van der Waals surface area (Å²) in [6.07, 6.45) is 3.88.